The summed E-state index contributed by atoms with van der Waals surface area (Å²) in [5, 5.41) is 9.42. The fraction of sp³-hybridized carbons (Fsp3) is 0.296. The lowest BCUT2D eigenvalue weighted by atomic mass is 10.2. The zero-order chi connectivity index (χ0) is 23.9. The van der Waals surface area contributed by atoms with E-state index in [1.54, 1.807) is 0 Å². The maximum Gasteiger partial charge on any atom is 0.334 e. The minimum Gasteiger partial charge on any atom is -0.378 e. The van der Waals surface area contributed by atoms with Crippen LogP contribution in [0.25, 0.3) is 6.08 Å². The van der Waals surface area contributed by atoms with E-state index in [2.05, 4.69) is 75.5 Å². The van der Waals surface area contributed by atoms with Crippen LogP contribution in [0.2, 0.25) is 0 Å². The van der Waals surface area contributed by atoms with Crippen LogP contribution in [0.4, 0.5) is 11.4 Å². The number of hydrogen-bond acceptors (Lipinski definition) is 5. The lowest BCUT2D eigenvalue weighted by molar-refractivity contribution is -0.679. The highest BCUT2D eigenvalue weighted by Crippen LogP contribution is 2.13. The van der Waals surface area contributed by atoms with Crippen molar-refractivity contribution in [1.82, 2.24) is 9.58 Å². The predicted molar refractivity (Wildman–Crippen MR) is 142 cm³/mol. The van der Waals surface area contributed by atoms with Crippen molar-refractivity contribution in [3.05, 3.63) is 84.1 Å². The fourth-order valence-corrected chi connectivity index (χ4v) is 3.77. The van der Waals surface area contributed by atoms with E-state index in [1.165, 1.54) is 12.8 Å². The molecule has 1 saturated heterocycles. The van der Waals surface area contributed by atoms with E-state index in [-0.39, 0.29) is 0 Å². The summed E-state index contributed by atoms with van der Waals surface area (Å²) in [4.78, 5) is 6.52. The van der Waals surface area contributed by atoms with Crippen LogP contribution < -0.4 is 14.5 Å². The van der Waals surface area contributed by atoms with E-state index in [0.29, 0.717) is 0 Å². The van der Waals surface area contributed by atoms with Crippen molar-refractivity contribution in [2.24, 2.45) is 10.2 Å². The molecule has 2 heterocycles. The minimum absolute atomic E-state index is 0.884. The first-order valence-corrected chi connectivity index (χ1v) is 11.7. The molecule has 7 nitrogen and oxygen atoms in total. The summed E-state index contributed by atoms with van der Waals surface area (Å²) in [5.74, 6) is 0.884. The van der Waals surface area contributed by atoms with Crippen molar-refractivity contribution >= 4 is 29.9 Å². The number of benzene rings is 2. The molecule has 0 unspecified atom stereocenters. The molecule has 0 aliphatic carbocycles. The van der Waals surface area contributed by atoms with Gasteiger partial charge in [0.25, 0.3) is 0 Å². The van der Waals surface area contributed by atoms with Crippen molar-refractivity contribution in [2.45, 2.75) is 12.8 Å². The molecule has 34 heavy (non-hydrogen) atoms. The van der Waals surface area contributed by atoms with E-state index in [9.17, 15) is 0 Å². The molecule has 1 aromatic heterocycles. The standard InChI is InChI=1S/C27H34N7/c1-30(2)25-11-7-23(8-12-25)21-28-33-19-20-34(27(33)15-18-32-16-5-6-17-32)29-22-24-9-13-26(14-10-24)31(3)4/h7-15,18-22H,5-6,16-17H2,1-4H3/q+1. The van der Waals surface area contributed by atoms with Crippen LogP contribution >= 0.6 is 0 Å². The van der Waals surface area contributed by atoms with Crippen LogP contribution in [0.15, 0.2) is 77.3 Å². The van der Waals surface area contributed by atoms with Gasteiger partial charge in [-0.25, -0.2) is 0 Å². The van der Waals surface area contributed by atoms with Gasteiger partial charge < -0.3 is 14.7 Å². The number of imidazole rings is 1. The molecule has 1 aliphatic rings. The first kappa shape index (κ1) is 23.3. The van der Waals surface area contributed by atoms with E-state index >= 15 is 0 Å². The van der Waals surface area contributed by atoms with Crippen molar-refractivity contribution in [1.29, 1.82) is 0 Å². The van der Waals surface area contributed by atoms with Crippen LogP contribution in [0, 0.1) is 0 Å². The molecule has 4 rings (SSSR count). The Labute approximate surface area is 202 Å². The quantitative estimate of drug-likeness (QED) is 0.383. The molecule has 0 bridgehead atoms. The molecule has 2 aromatic carbocycles. The Balaban J connectivity index is 1.58. The molecule has 0 radical (unpaired) electrons. The normalized spacial score (nSPS) is 14.2. The van der Waals surface area contributed by atoms with Crippen molar-refractivity contribution in [2.75, 3.05) is 51.1 Å². The Morgan fingerprint density at radius 2 is 1.35 bits per heavy atom. The maximum absolute atomic E-state index is 4.71. The Morgan fingerprint density at radius 1 is 0.794 bits per heavy atom. The van der Waals surface area contributed by atoms with Gasteiger partial charge in [0.1, 0.15) is 0 Å². The second-order valence-corrected chi connectivity index (χ2v) is 8.87. The van der Waals surface area contributed by atoms with E-state index in [0.717, 1.165) is 41.4 Å². The monoisotopic (exact) mass is 456 g/mol. The summed E-state index contributed by atoms with van der Waals surface area (Å²) in [6.45, 7) is 2.19. The van der Waals surface area contributed by atoms with Crippen LogP contribution in [0.1, 0.15) is 29.8 Å². The van der Waals surface area contributed by atoms with Crippen LogP contribution in [0.5, 0.6) is 0 Å². The molecule has 0 saturated carbocycles. The maximum atomic E-state index is 4.71. The molecule has 7 heteroatoms. The van der Waals surface area contributed by atoms with E-state index in [4.69, 9.17) is 10.2 Å². The summed E-state index contributed by atoms with van der Waals surface area (Å²) in [5.41, 5.74) is 4.42. The Kier molecular flexibility index (Phi) is 7.42. The highest BCUT2D eigenvalue weighted by atomic mass is 15.5. The van der Waals surface area contributed by atoms with Crippen LogP contribution in [-0.2, 0) is 0 Å². The summed E-state index contributed by atoms with van der Waals surface area (Å²) < 4.78 is 3.72. The highest BCUT2D eigenvalue weighted by Gasteiger charge is 2.15. The molecule has 1 fully saturated rings. The van der Waals surface area contributed by atoms with Crippen LogP contribution in [0.3, 0.4) is 0 Å². The molecule has 0 spiro atoms. The molecule has 3 aromatic rings. The zero-order valence-electron chi connectivity index (χ0n) is 20.5. The largest absolute Gasteiger partial charge is 0.378 e. The van der Waals surface area contributed by atoms with Gasteiger partial charge in [-0.1, -0.05) is 43.8 Å². The summed E-state index contributed by atoms with van der Waals surface area (Å²) in [6, 6.07) is 16.7. The zero-order valence-corrected chi connectivity index (χ0v) is 20.5. The van der Waals surface area contributed by atoms with Gasteiger partial charge in [0, 0.05) is 64.9 Å². The van der Waals surface area contributed by atoms with Crippen molar-refractivity contribution < 1.29 is 4.68 Å². The molecular weight excluding hydrogens is 422 g/mol. The molecule has 0 atom stereocenters. The molecular formula is C27H34N7+. The first-order valence-electron chi connectivity index (χ1n) is 11.7. The third-order valence-electron chi connectivity index (χ3n) is 5.87. The van der Waals surface area contributed by atoms with Gasteiger partial charge in [-0.15, -0.1) is 0 Å². The minimum atomic E-state index is 0.884. The summed E-state index contributed by atoms with van der Waals surface area (Å²) >= 11 is 0. The second kappa shape index (κ2) is 10.8. The lowest BCUT2D eigenvalue weighted by Crippen LogP contribution is -2.29. The van der Waals surface area contributed by atoms with Gasteiger partial charge in [0.05, 0.1) is 12.4 Å². The van der Waals surface area contributed by atoms with Crippen molar-refractivity contribution in [3.63, 3.8) is 0 Å². The molecule has 176 valence electrons. The van der Waals surface area contributed by atoms with Gasteiger partial charge in [-0.05, 0) is 48.2 Å². The average Bonchev–Trinajstić information content (AvgIpc) is 3.50. The average molecular weight is 457 g/mol. The Hall–Kier alpha value is -3.87. The number of anilines is 2. The van der Waals surface area contributed by atoms with Gasteiger partial charge >= 0.3 is 5.82 Å². The smallest absolute Gasteiger partial charge is 0.334 e. The fourth-order valence-electron chi connectivity index (χ4n) is 3.77. The van der Waals surface area contributed by atoms with Crippen molar-refractivity contribution in [3.8, 4) is 0 Å². The Bertz CT molecular complexity index is 1070. The SMILES string of the molecule is CN(C)c1ccc(C=Nn2cc[n+](N=Cc3ccc(N(C)C)cc3)c2C=CN2CCCC2)cc1. The number of likely N-dealkylation sites (tertiary alicyclic amines) is 1. The third-order valence-corrected chi connectivity index (χ3v) is 5.87. The number of hydrogen-bond donors (Lipinski definition) is 0. The summed E-state index contributed by atoms with van der Waals surface area (Å²) in [7, 11) is 8.16. The second-order valence-electron chi connectivity index (χ2n) is 8.87. The Morgan fingerprint density at radius 3 is 1.91 bits per heavy atom. The third kappa shape index (κ3) is 5.92. The number of nitrogens with zero attached hydrogens (tertiary/aromatic N) is 7. The number of rotatable bonds is 8. The van der Waals surface area contributed by atoms with Gasteiger partial charge in [-0.2, -0.15) is 0 Å². The number of aromatic nitrogens is 2. The van der Waals surface area contributed by atoms with Crippen LogP contribution in [-0.4, -0.2) is 63.3 Å². The van der Waals surface area contributed by atoms with Gasteiger partial charge in [-0.3, -0.25) is 0 Å². The highest BCUT2D eigenvalue weighted by molar-refractivity contribution is 5.80. The summed E-state index contributed by atoms with van der Waals surface area (Å²) in [6.07, 6.45) is 14.3. The van der Waals surface area contributed by atoms with Gasteiger partial charge in [0.2, 0.25) is 0 Å². The van der Waals surface area contributed by atoms with E-state index < -0.39 is 0 Å². The molecule has 0 N–H and O–H groups in total. The van der Waals surface area contributed by atoms with E-state index in [1.807, 2.05) is 62.4 Å². The molecule has 1 aliphatic heterocycles. The lowest BCUT2D eigenvalue weighted by Gasteiger charge is -2.11. The van der Waals surface area contributed by atoms with Gasteiger partial charge in [0.15, 0.2) is 12.4 Å². The molecule has 0 amide bonds. The predicted octanol–water partition coefficient (Wildman–Crippen LogP) is 3.74. The topological polar surface area (TPSA) is 43.2 Å². The first-order chi connectivity index (χ1) is 16.5.